The molecule has 0 saturated carbocycles. The first-order valence-electron chi connectivity index (χ1n) is 11.3. The number of thioether (sulfide) groups is 1. The highest BCUT2D eigenvalue weighted by Gasteiger charge is 2.40. The lowest BCUT2D eigenvalue weighted by Gasteiger charge is -2.30. The molecule has 1 unspecified atom stereocenters. The van der Waals surface area contributed by atoms with Crippen LogP contribution in [0.3, 0.4) is 0 Å². The average Bonchev–Trinajstić information content (AvgIpc) is 2.76. The molecule has 0 heterocycles. The molecule has 0 aliphatic rings. The van der Waals surface area contributed by atoms with E-state index in [0.717, 1.165) is 18.9 Å². The zero-order chi connectivity index (χ0) is 22.1. The van der Waals surface area contributed by atoms with E-state index in [9.17, 15) is 4.79 Å². The van der Waals surface area contributed by atoms with Gasteiger partial charge in [-0.15, -0.1) is 0 Å². The van der Waals surface area contributed by atoms with Crippen LogP contribution in [0.4, 0.5) is 0 Å². The number of carbonyl (C=O) groups excluding carboxylic acids is 1. The van der Waals surface area contributed by atoms with Gasteiger partial charge >= 0.3 is 8.80 Å². The minimum Gasteiger partial charge on any atom is -0.485 e. The maximum absolute atomic E-state index is 12.1. The zero-order valence-electron chi connectivity index (χ0n) is 19.2. The summed E-state index contributed by atoms with van der Waals surface area (Å²) in [6, 6.07) is 10.1. The van der Waals surface area contributed by atoms with Crippen LogP contribution in [-0.2, 0) is 18.1 Å². The highest BCUT2D eigenvalue weighted by atomic mass is 32.2. The van der Waals surface area contributed by atoms with Crippen molar-refractivity contribution in [3.05, 3.63) is 30.3 Å². The molecule has 0 aromatic heterocycles. The third-order valence-corrected chi connectivity index (χ3v) is 8.76. The van der Waals surface area contributed by atoms with Crippen molar-refractivity contribution in [3.63, 3.8) is 0 Å². The largest absolute Gasteiger partial charge is 0.500 e. The van der Waals surface area contributed by atoms with Crippen molar-refractivity contribution in [1.29, 1.82) is 0 Å². The van der Waals surface area contributed by atoms with Crippen LogP contribution >= 0.6 is 11.8 Å². The van der Waals surface area contributed by atoms with Gasteiger partial charge in [0, 0.05) is 31.6 Å². The lowest BCUT2D eigenvalue weighted by atomic mass is 10.0. The van der Waals surface area contributed by atoms with Crippen LogP contribution in [0.1, 0.15) is 59.8 Å². The number of hydrogen-bond acceptors (Lipinski definition) is 6. The minimum atomic E-state index is -2.71. The predicted octanol–water partition coefficient (Wildman–Crippen LogP) is 5.96. The van der Waals surface area contributed by atoms with Crippen LogP contribution in [-0.4, -0.2) is 46.1 Å². The summed E-state index contributed by atoms with van der Waals surface area (Å²) in [5, 5.41) is 0.0328. The van der Waals surface area contributed by atoms with Gasteiger partial charge in [0.2, 0.25) is 5.12 Å². The highest BCUT2D eigenvalue weighted by Crippen LogP contribution is 2.23. The van der Waals surface area contributed by atoms with Gasteiger partial charge in [-0.3, -0.25) is 4.79 Å². The molecule has 1 aromatic rings. The molecular weight excluding hydrogens is 416 g/mol. The molecule has 7 heteroatoms. The second-order valence-corrected chi connectivity index (χ2v) is 11.1. The van der Waals surface area contributed by atoms with E-state index in [2.05, 4.69) is 13.8 Å². The Morgan fingerprint density at radius 1 is 1.00 bits per heavy atom. The van der Waals surface area contributed by atoms with E-state index in [4.69, 9.17) is 18.0 Å². The van der Waals surface area contributed by atoms with E-state index in [1.54, 1.807) is 0 Å². The third-order valence-electron chi connectivity index (χ3n) is 4.80. The molecule has 1 aromatic carbocycles. The lowest BCUT2D eigenvalue weighted by molar-refractivity contribution is -0.112. The summed E-state index contributed by atoms with van der Waals surface area (Å²) >= 11 is 1.30. The molecule has 0 spiro atoms. The van der Waals surface area contributed by atoms with E-state index in [1.165, 1.54) is 31.0 Å². The van der Waals surface area contributed by atoms with Crippen molar-refractivity contribution in [3.8, 4) is 5.75 Å². The maximum Gasteiger partial charge on any atom is 0.500 e. The van der Waals surface area contributed by atoms with Crippen LogP contribution in [0.25, 0.3) is 0 Å². The molecule has 5 nitrogen and oxygen atoms in total. The first kappa shape index (κ1) is 27.2. The van der Waals surface area contributed by atoms with Crippen molar-refractivity contribution in [2.24, 2.45) is 5.92 Å². The molecule has 172 valence electrons. The number of para-hydroxylation sites is 1. The summed E-state index contributed by atoms with van der Waals surface area (Å²) in [5.41, 5.74) is 0. The van der Waals surface area contributed by atoms with E-state index >= 15 is 0 Å². The fourth-order valence-corrected chi connectivity index (χ4v) is 6.68. The molecule has 0 radical (unpaired) electrons. The van der Waals surface area contributed by atoms with Crippen LogP contribution < -0.4 is 4.74 Å². The van der Waals surface area contributed by atoms with Gasteiger partial charge in [-0.05, 0) is 44.7 Å². The van der Waals surface area contributed by atoms with Gasteiger partial charge in [-0.25, -0.2) is 0 Å². The van der Waals surface area contributed by atoms with Gasteiger partial charge in [-0.2, -0.15) is 0 Å². The first-order chi connectivity index (χ1) is 14.6. The summed E-state index contributed by atoms with van der Waals surface area (Å²) in [5.74, 6) is 1.97. The number of unbranched alkanes of at least 4 members (excludes halogenated alkanes) is 1. The molecule has 0 saturated heterocycles. The molecule has 0 N–H and O–H groups in total. The zero-order valence-corrected chi connectivity index (χ0v) is 21.0. The molecule has 0 amide bonds. The summed E-state index contributed by atoms with van der Waals surface area (Å²) < 4.78 is 24.0. The van der Waals surface area contributed by atoms with Crippen molar-refractivity contribution >= 4 is 25.7 Å². The summed E-state index contributed by atoms with van der Waals surface area (Å²) in [6.07, 6.45) is 5.54. The molecule has 1 atom stereocenters. The van der Waals surface area contributed by atoms with E-state index in [1.807, 2.05) is 44.2 Å². The molecule has 0 aliphatic heterocycles. The number of ether oxygens (including phenoxy) is 1. The van der Waals surface area contributed by atoms with Crippen molar-refractivity contribution in [1.82, 2.24) is 0 Å². The monoisotopic (exact) mass is 456 g/mol. The Labute approximate surface area is 188 Å². The van der Waals surface area contributed by atoms with Gasteiger partial charge in [0.05, 0.1) is 0 Å². The third kappa shape index (κ3) is 11.5. The second kappa shape index (κ2) is 16.8. The van der Waals surface area contributed by atoms with Gasteiger partial charge in [0.1, 0.15) is 5.75 Å². The number of benzene rings is 1. The van der Waals surface area contributed by atoms with Gasteiger partial charge in [0.15, 0.2) is 6.61 Å². The number of hydrogen-bond donors (Lipinski definition) is 0. The summed E-state index contributed by atoms with van der Waals surface area (Å²) in [7, 11) is -2.71. The minimum absolute atomic E-state index is 0.0328. The molecule has 30 heavy (non-hydrogen) atoms. The number of rotatable bonds is 18. The van der Waals surface area contributed by atoms with Crippen LogP contribution in [0.15, 0.2) is 30.3 Å². The smallest absolute Gasteiger partial charge is 0.485 e. The van der Waals surface area contributed by atoms with Crippen LogP contribution in [0.2, 0.25) is 6.04 Å². The van der Waals surface area contributed by atoms with Gasteiger partial charge < -0.3 is 18.0 Å². The Morgan fingerprint density at radius 2 is 1.70 bits per heavy atom. The maximum atomic E-state index is 12.1. The topological polar surface area (TPSA) is 54.0 Å². The Morgan fingerprint density at radius 3 is 2.30 bits per heavy atom. The lowest BCUT2D eigenvalue weighted by Crippen LogP contribution is -2.47. The highest BCUT2D eigenvalue weighted by molar-refractivity contribution is 8.13. The normalized spacial score (nSPS) is 12.7. The fraction of sp³-hybridized carbons (Fsp3) is 0.696. The Kier molecular flexibility index (Phi) is 15.2. The van der Waals surface area contributed by atoms with Gasteiger partial charge in [-0.1, -0.05) is 63.1 Å². The molecular formula is C23H40O5SSi. The molecule has 0 aliphatic carbocycles. The summed E-state index contributed by atoms with van der Waals surface area (Å²) in [6.45, 7) is 10.3. The van der Waals surface area contributed by atoms with E-state index in [0.29, 0.717) is 37.2 Å². The fourth-order valence-electron chi connectivity index (χ4n) is 3.10. The quantitative estimate of drug-likeness (QED) is 0.201. The molecule has 0 fully saturated rings. The van der Waals surface area contributed by atoms with Crippen LogP contribution in [0, 0.1) is 5.92 Å². The predicted molar refractivity (Wildman–Crippen MR) is 127 cm³/mol. The van der Waals surface area contributed by atoms with Crippen LogP contribution in [0.5, 0.6) is 5.75 Å². The Hall–Kier alpha value is -0.863. The Bertz CT molecular complexity index is 552. The average molecular weight is 457 g/mol. The second-order valence-electron chi connectivity index (χ2n) is 7.20. The molecule has 0 bridgehead atoms. The van der Waals surface area contributed by atoms with E-state index < -0.39 is 8.80 Å². The van der Waals surface area contributed by atoms with E-state index in [-0.39, 0.29) is 11.7 Å². The standard InChI is InChI=1S/C23H40O5SSi/c1-5-9-14-21(6-2)19-28-30(26-7-3,27-8-4)18-13-17-29-23(24)20-25-22-15-11-10-12-16-22/h10-12,15-16,21H,5-9,13-14,17-20H2,1-4H3. The van der Waals surface area contributed by atoms with Crippen molar-refractivity contribution in [2.75, 3.05) is 32.2 Å². The Balaban J connectivity index is 2.45. The molecule has 1 rings (SSSR count). The first-order valence-corrected chi connectivity index (χ1v) is 14.3. The van der Waals surface area contributed by atoms with Crippen molar-refractivity contribution in [2.45, 2.75) is 65.8 Å². The SMILES string of the molecule is CCCCC(CC)CO[Si](CCCSC(=O)COc1ccccc1)(OCC)OCC. The summed E-state index contributed by atoms with van der Waals surface area (Å²) in [4.78, 5) is 12.1. The van der Waals surface area contributed by atoms with Crippen molar-refractivity contribution < 1.29 is 22.8 Å². The number of carbonyl (C=O) groups is 1. The van der Waals surface area contributed by atoms with Gasteiger partial charge in [0.25, 0.3) is 0 Å².